The number of hydrogen-bond donors (Lipinski definition) is 3. The van der Waals surface area contributed by atoms with Crippen LogP contribution in [0.25, 0.3) is 0 Å². The van der Waals surface area contributed by atoms with E-state index < -0.39 is 15.9 Å². The molecule has 0 amide bonds. The van der Waals surface area contributed by atoms with E-state index >= 15 is 0 Å². The molecule has 0 aliphatic carbocycles. The van der Waals surface area contributed by atoms with Crippen LogP contribution in [0, 0.1) is 0 Å². The summed E-state index contributed by atoms with van der Waals surface area (Å²) in [5.74, 6) is -0.0390. The molecule has 0 saturated heterocycles. The molecule has 0 aliphatic heterocycles. The lowest BCUT2D eigenvalue weighted by Crippen LogP contribution is -2.42. The van der Waals surface area contributed by atoms with Gasteiger partial charge < -0.3 is 20.3 Å². The van der Waals surface area contributed by atoms with Crippen molar-refractivity contribution in [3.63, 3.8) is 0 Å². The quantitative estimate of drug-likeness (QED) is 0.722. The molecule has 1 unspecified atom stereocenters. The number of rotatable bonds is 6. The van der Waals surface area contributed by atoms with Crippen LogP contribution in [-0.4, -0.2) is 49.7 Å². The molecule has 1 aromatic rings. The fourth-order valence-electron chi connectivity index (χ4n) is 1.56. The van der Waals surface area contributed by atoms with Crippen LogP contribution in [0.2, 0.25) is 0 Å². The van der Waals surface area contributed by atoms with Crippen molar-refractivity contribution in [3.8, 4) is 11.5 Å². The van der Waals surface area contributed by atoms with Crippen molar-refractivity contribution in [1.82, 2.24) is 5.32 Å². The molecule has 1 rings (SSSR count). The van der Waals surface area contributed by atoms with E-state index in [1.165, 1.54) is 18.2 Å². The second-order valence-corrected chi connectivity index (χ2v) is 7.98. The highest BCUT2D eigenvalue weighted by atomic mass is 32.2. The largest absolute Gasteiger partial charge is 0.507 e. The van der Waals surface area contributed by atoms with Crippen LogP contribution in [0.5, 0.6) is 11.5 Å². The number of phenolic OH excluding ortho intramolecular Hbond substituents is 1. The first kappa shape index (κ1) is 17.7. The lowest BCUT2D eigenvalue weighted by Gasteiger charge is -2.23. The van der Waals surface area contributed by atoms with Gasteiger partial charge in [0.25, 0.3) is 0 Å². The highest BCUT2D eigenvalue weighted by Crippen LogP contribution is 2.27. The minimum absolute atomic E-state index is 0.0249. The maximum Gasteiger partial charge on any atom is 0.179 e. The Morgan fingerprint density at radius 1 is 1.33 bits per heavy atom. The van der Waals surface area contributed by atoms with Gasteiger partial charge in [0.05, 0.1) is 0 Å². The van der Waals surface area contributed by atoms with Gasteiger partial charge in [0.15, 0.2) is 9.84 Å². The topological polar surface area (TPSA) is 95.9 Å². The zero-order valence-electron chi connectivity index (χ0n) is 12.8. The van der Waals surface area contributed by atoms with Crippen LogP contribution in [0.1, 0.15) is 20.8 Å². The van der Waals surface area contributed by atoms with Crippen LogP contribution in [0.15, 0.2) is 23.1 Å². The van der Waals surface area contributed by atoms with Gasteiger partial charge in [-0.05, 0) is 32.9 Å². The zero-order chi connectivity index (χ0) is 16.3. The molecule has 0 spiro atoms. The molecule has 3 N–H and O–H groups in total. The normalized spacial score (nSPS) is 14.0. The zero-order valence-corrected chi connectivity index (χ0v) is 13.6. The van der Waals surface area contributed by atoms with Crippen molar-refractivity contribution in [2.75, 3.05) is 19.4 Å². The van der Waals surface area contributed by atoms with Crippen LogP contribution in [-0.2, 0) is 9.84 Å². The van der Waals surface area contributed by atoms with Crippen molar-refractivity contribution in [1.29, 1.82) is 0 Å². The Morgan fingerprint density at radius 2 is 1.95 bits per heavy atom. The minimum atomic E-state index is -3.53. The van der Waals surface area contributed by atoms with E-state index in [0.717, 1.165) is 6.26 Å². The summed E-state index contributed by atoms with van der Waals surface area (Å²) in [6, 6.07) is 3.95. The second-order valence-electron chi connectivity index (χ2n) is 6.00. The molecule has 0 aromatic heterocycles. The summed E-state index contributed by atoms with van der Waals surface area (Å²) in [6.07, 6.45) is 0.285. The molecule has 1 aromatic carbocycles. The highest BCUT2D eigenvalue weighted by Gasteiger charge is 2.16. The number of ether oxygens (including phenoxy) is 1. The third-order valence-corrected chi connectivity index (χ3v) is 3.77. The molecule has 0 aliphatic rings. The predicted molar refractivity (Wildman–Crippen MR) is 80.5 cm³/mol. The molecular formula is C14H23NO5S. The Bertz CT molecular complexity index is 578. The highest BCUT2D eigenvalue weighted by molar-refractivity contribution is 7.90. The third-order valence-electron chi connectivity index (χ3n) is 2.64. The molecule has 0 fully saturated rings. The molecule has 0 heterocycles. The average molecular weight is 317 g/mol. The number of nitrogens with one attached hydrogen (secondary N) is 1. The number of aromatic hydroxyl groups is 1. The van der Waals surface area contributed by atoms with E-state index in [9.17, 15) is 18.6 Å². The minimum Gasteiger partial charge on any atom is -0.507 e. The summed E-state index contributed by atoms with van der Waals surface area (Å²) in [4.78, 5) is -0.192. The lowest BCUT2D eigenvalue weighted by molar-refractivity contribution is 0.0999. The predicted octanol–water partition coefficient (Wildman–Crippen LogP) is 0.924. The van der Waals surface area contributed by atoms with Gasteiger partial charge in [-0.1, -0.05) is 0 Å². The Hall–Kier alpha value is -1.31. The van der Waals surface area contributed by atoms with E-state index in [0.29, 0.717) is 6.54 Å². The summed E-state index contributed by atoms with van der Waals surface area (Å²) >= 11 is 0. The van der Waals surface area contributed by atoms with Crippen molar-refractivity contribution < 1.29 is 23.4 Å². The van der Waals surface area contributed by atoms with Gasteiger partial charge in [0.2, 0.25) is 0 Å². The molecule has 0 bridgehead atoms. The van der Waals surface area contributed by atoms with E-state index in [1.54, 1.807) is 0 Å². The molecular weight excluding hydrogens is 294 g/mol. The molecule has 21 heavy (non-hydrogen) atoms. The fraction of sp³-hybridized carbons (Fsp3) is 0.571. The number of phenols is 1. The third kappa shape index (κ3) is 6.33. The summed E-state index contributed by atoms with van der Waals surface area (Å²) in [5.41, 5.74) is -0.108. The number of benzene rings is 1. The van der Waals surface area contributed by atoms with Crippen molar-refractivity contribution in [2.45, 2.75) is 37.3 Å². The van der Waals surface area contributed by atoms with Crippen molar-refractivity contribution in [2.24, 2.45) is 0 Å². The van der Waals surface area contributed by atoms with Gasteiger partial charge >= 0.3 is 0 Å². The first-order valence-electron chi connectivity index (χ1n) is 6.58. The van der Waals surface area contributed by atoms with Crippen molar-refractivity contribution in [3.05, 3.63) is 18.2 Å². The smallest absolute Gasteiger partial charge is 0.179 e. The van der Waals surface area contributed by atoms with Gasteiger partial charge in [-0.2, -0.15) is 0 Å². The van der Waals surface area contributed by atoms with E-state index in [2.05, 4.69) is 5.32 Å². The first-order valence-corrected chi connectivity index (χ1v) is 8.47. The first-order chi connectivity index (χ1) is 9.49. The van der Waals surface area contributed by atoms with Gasteiger partial charge in [-0.25, -0.2) is 8.42 Å². The number of β-amino-alcohol motifs (C(OH)–C–C–N with tert-alkyl or cyclic N) is 1. The molecule has 0 radical (unpaired) electrons. The summed E-state index contributed by atoms with van der Waals surface area (Å²) < 4.78 is 28.3. The van der Waals surface area contributed by atoms with E-state index in [4.69, 9.17) is 4.74 Å². The molecule has 0 saturated carbocycles. The molecule has 120 valence electrons. The number of sulfone groups is 1. The van der Waals surface area contributed by atoms with Crippen LogP contribution >= 0.6 is 0 Å². The maximum atomic E-state index is 11.5. The van der Waals surface area contributed by atoms with E-state index in [-0.39, 0.29) is 28.5 Å². The van der Waals surface area contributed by atoms with Gasteiger partial charge in [0.1, 0.15) is 29.1 Å². The van der Waals surface area contributed by atoms with Gasteiger partial charge in [0, 0.05) is 24.4 Å². The lowest BCUT2D eigenvalue weighted by atomic mass is 10.1. The Morgan fingerprint density at radius 3 is 2.48 bits per heavy atom. The van der Waals surface area contributed by atoms with Crippen LogP contribution in [0.4, 0.5) is 0 Å². The fourth-order valence-corrected chi connectivity index (χ4v) is 2.33. The Balaban J connectivity index is 2.64. The summed E-state index contributed by atoms with van der Waals surface area (Å²) in [7, 11) is -3.53. The number of aliphatic hydroxyl groups is 1. The molecule has 7 heteroatoms. The van der Waals surface area contributed by atoms with Gasteiger partial charge in [-0.15, -0.1) is 0 Å². The van der Waals surface area contributed by atoms with Gasteiger partial charge in [-0.3, -0.25) is 0 Å². The molecule has 1 atom stereocenters. The second kappa shape index (κ2) is 6.64. The SMILES string of the molecule is CC(C)(C)NCC(O)COc1ccc(O)c(S(C)(=O)=O)c1. The molecule has 6 nitrogen and oxygen atoms in total. The Kier molecular flexibility index (Phi) is 5.61. The monoisotopic (exact) mass is 317 g/mol. The summed E-state index contributed by atoms with van der Waals surface area (Å²) in [6.45, 7) is 6.34. The standard InChI is InChI=1S/C14H23NO5S/c1-14(2,3)15-8-10(16)9-20-11-5-6-12(17)13(7-11)21(4,18)19/h5-7,10,15-17H,8-9H2,1-4H3. The Labute approximate surface area is 125 Å². The van der Waals surface area contributed by atoms with Crippen LogP contribution in [0.3, 0.4) is 0 Å². The average Bonchev–Trinajstić information content (AvgIpc) is 2.33. The number of aliphatic hydroxyl groups excluding tert-OH is 1. The van der Waals surface area contributed by atoms with Crippen LogP contribution < -0.4 is 10.1 Å². The van der Waals surface area contributed by atoms with E-state index in [1.807, 2.05) is 20.8 Å². The maximum absolute atomic E-state index is 11.5. The number of hydrogen-bond acceptors (Lipinski definition) is 6. The summed E-state index contributed by atoms with van der Waals surface area (Å²) in [5, 5.41) is 22.5. The van der Waals surface area contributed by atoms with Crippen molar-refractivity contribution >= 4 is 9.84 Å².